The molecule has 0 aromatic carbocycles. The van der Waals surface area contributed by atoms with Crippen molar-refractivity contribution >= 4 is 21.8 Å². The molecule has 1 aromatic rings. The van der Waals surface area contributed by atoms with Gasteiger partial charge in [-0.25, -0.2) is 4.98 Å². The Kier molecular flexibility index (Phi) is 2.04. The molecule has 0 bridgehead atoms. The van der Waals surface area contributed by atoms with Gasteiger partial charge in [-0.3, -0.25) is 9.59 Å². The lowest BCUT2D eigenvalue weighted by Gasteiger charge is -1.92. The van der Waals surface area contributed by atoms with Crippen molar-refractivity contribution in [1.29, 1.82) is 0 Å². The second-order valence-electron chi connectivity index (χ2n) is 1.77. The Labute approximate surface area is 69.8 Å². The van der Waals surface area contributed by atoms with Gasteiger partial charge in [0.2, 0.25) is 0 Å². The number of halogens is 1. The summed E-state index contributed by atoms with van der Waals surface area (Å²) in [7, 11) is 0. The molecule has 0 radical (unpaired) electrons. The van der Waals surface area contributed by atoms with Crippen LogP contribution in [0.4, 0.5) is 0 Å². The summed E-state index contributed by atoms with van der Waals surface area (Å²) in [5.41, 5.74) is 4.42. The Bertz CT molecular complexity index is 346. The van der Waals surface area contributed by atoms with Gasteiger partial charge in [0.1, 0.15) is 4.47 Å². The van der Waals surface area contributed by atoms with Gasteiger partial charge in [0.05, 0.1) is 0 Å². The average Bonchev–Trinajstić information content (AvgIpc) is 1.94. The molecule has 6 heteroatoms. The summed E-state index contributed by atoms with van der Waals surface area (Å²) in [6, 6.07) is 0. The Morgan fingerprint density at radius 2 is 2.36 bits per heavy atom. The summed E-state index contributed by atoms with van der Waals surface area (Å²) < 4.78 is 0.266. The fraction of sp³-hybridized carbons (Fsp3) is 0. The minimum atomic E-state index is -0.755. The molecule has 0 unspecified atom stereocenters. The van der Waals surface area contributed by atoms with E-state index in [1.54, 1.807) is 0 Å². The third-order valence-electron chi connectivity index (χ3n) is 0.989. The fourth-order valence-corrected chi connectivity index (χ4v) is 0.706. The van der Waals surface area contributed by atoms with Crippen molar-refractivity contribution in [2.45, 2.75) is 0 Å². The molecule has 0 saturated carbocycles. The fourth-order valence-electron chi connectivity index (χ4n) is 0.505. The molecule has 1 heterocycles. The molecule has 11 heavy (non-hydrogen) atoms. The molecule has 0 aliphatic carbocycles. The third kappa shape index (κ3) is 1.64. The summed E-state index contributed by atoms with van der Waals surface area (Å²) in [6.45, 7) is 0. The number of aromatic nitrogens is 2. The van der Waals surface area contributed by atoms with Crippen molar-refractivity contribution in [3.05, 3.63) is 26.8 Å². The number of rotatable bonds is 1. The number of carbonyl (C=O) groups is 1. The van der Waals surface area contributed by atoms with Gasteiger partial charge in [-0.05, 0) is 15.9 Å². The van der Waals surface area contributed by atoms with Crippen molar-refractivity contribution < 1.29 is 4.79 Å². The molecule has 0 spiro atoms. The largest absolute Gasteiger partial charge is 0.363 e. The molecule has 1 rings (SSSR count). The first-order chi connectivity index (χ1) is 5.11. The van der Waals surface area contributed by atoms with Gasteiger partial charge in [0, 0.05) is 6.20 Å². The van der Waals surface area contributed by atoms with Crippen LogP contribution < -0.4 is 11.3 Å². The van der Waals surface area contributed by atoms with Gasteiger partial charge in [0.15, 0.2) is 5.82 Å². The normalized spacial score (nSPS) is 9.55. The van der Waals surface area contributed by atoms with Crippen LogP contribution in [0.5, 0.6) is 0 Å². The molecule has 3 N–H and O–H groups in total. The Balaban J connectivity index is 3.26. The number of nitrogens with two attached hydrogens (primary N) is 1. The zero-order valence-corrected chi connectivity index (χ0v) is 6.88. The van der Waals surface area contributed by atoms with Crippen molar-refractivity contribution in [2.24, 2.45) is 5.73 Å². The van der Waals surface area contributed by atoms with E-state index in [-0.39, 0.29) is 10.3 Å². The second kappa shape index (κ2) is 2.83. The molecule has 0 atom stereocenters. The summed E-state index contributed by atoms with van der Waals surface area (Å²) in [4.78, 5) is 27.0. The van der Waals surface area contributed by atoms with Crippen LogP contribution in [0.3, 0.4) is 0 Å². The molecule has 58 valence electrons. The SMILES string of the molecule is NC(=O)c1ncc(Br)c(=O)[nH]1. The lowest BCUT2D eigenvalue weighted by molar-refractivity contribution is 0.0990. The number of H-pyrrole nitrogens is 1. The standard InChI is InChI=1S/C5H4BrN3O2/c6-2-1-8-4(3(7)10)9-5(2)11/h1H,(H2,7,10)(H,8,9,11). The molecular formula is C5H4BrN3O2. The summed E-state index contributed by atoms with van der Waals surface area (Å²) >= 11 is 2.92. The Morgan fingerprint density at radius 1 is 1.73 bits per heavy atom. The Morgan fingerprint density at radius 3 is 2.82 bits per heavy atom. The molecular weight excluding hydrogens is 214 g/mol. The minimum Gasteiger partial charge on any atom is -0.363 e. The van der Waals surface area contributed by atoms with Crippen LogP contribution in [0.15, 0.2) is 15.5 Å². The van der Waals surface area contributed by atoms with Crippen LogP contribution in [-0.4, -0.2) is 15.9 Å². The van der Waals surface area contributed by atoms with Gasteiger partial charge >= 0.3 is 0 Å². The van der Waals surface area contributed by atoms with E-state index >= 15 is 0 Å². The Hall–Kier alpha value is -1.17. The zero-order valence-electron chi connectivity index (χ0n) is 5.30. The number of carbonyl (C=O) groups excluding carboxylic acids is 1. The highest BCUT2D eigenvalue weighted by molar-refractivity contribution is 9.10. The van der Waals surface area contributed by atoms with Gasteiger partial charge < -0.3 is 10.7 Å². The minimum absolute atomic E-state index is 0.141. The van der Waals surface area contributed by atoms with Crippen LogP contribution in [0.1, 0.15) is 10.6 Å². The van der Waals surface area contributed by atoms with Crippen LogP contribution in [0, 0.1) is 0 Å². The maximum Gasteiger partial charge on any atom is 0.284 e. The van der Waals surface area contributed by atoms with E-state index in [2.05, 4.69) is 25.9 Å². The van der Waals surface area contributed by atoms with Crippen LogP contribution in [-0.2, 0) is 0 Å². The lowest BCUT2D eigenvalue weighted by atomic mass is 10.5. The molecule has 1 aromatic heterocycles. The molecule has 5 nitrogen and oxygen atoms in total. The van der Waals surface area contributed by atoms with Crippen molar-refractivity contribution in [1.82, 2.24) is 9.97 Å². The summed E-state index contributed by atoms with van der Waals surface area (Å²) in [5.74, 6) is -0.896. The van der Waals surface area contributed by atoms with Crippen LogP contribution in [0.25, 0.3) is 0 Å². The third-order valence-corrected chi connectivity index (χ3v) is 1.55. The number of nitrogens with zero attached hydrogens (tertiary/aromatic N) is 1. The maximum atomic E-state index is 10.8. The molecule has 0 aliphatic rings. The van der Waals surface area contributed by atoms with Gasteiger partial charge in [-0.1, -0.05) is 0 Å². The number of hydrogen-bond donors (Lipinski definition) is 2. The molecule has 0 saturated heterocycles. The van der Waals surface area contributed by atoms with E-state index in [1.165, 1.54) is 6.20 Å². The highest BCUT2D eigenvalue weighted by Gasteiger charge is 2.03. The zero-order chi connectivity index (χ0) is 8.43. The van der Waals surface area contributed by atoms with E-state index in [0.717, 1.165) is 0 Å². The number of hydrogen-bond acceptors (Lipinski definition) is 3. The van der Waals surface area contributed by atoms with Crippen molar-refractivity contribution in [2.75, 3.05) is 0 Å². The topological polar surface area (TPSA) is 88.8 Å². The second-order valence-corrected chi connectivity index (χ2v) is 2.63. The highest BCUT2D eigenvalue weighted by Crippen LogP contribution is 1.97. The first kappa shape index (κ1) is 7.93. The predicted molar refractivity (Wildman–Crippen MR) is 41.1 cm³/mol. The smallest absolute Gasteiger partial charge is 0.284 e. The molecule has 1 amide bonds. The van der Waals surface area contributed by atoms with Gasteiger partial charge in [0.25, 0.3) is 11.5 Å². The van der Waals surface area contributed by atoms with Crippen molar-refractivity contribution in [3.63, 3.8) is 0 Å². The molecule has 0 fully saturated rings. The first-order valence-corrected chi connectivity index (χ1v) is 3.45. The predicted octanol–water partition coefficient (Wildman–Crippen LogP) is -0.369. The number of aromatic amines is 1. The quantitative estimate of drug-likeness (QED) is 0.673. The van der Waals surface area contributed by atoms with Crippen LogP contribution in [0.2, 0.25) is 0 Å². The number of primary amides is 1. The van der Waals surface area contributed by atoms with E-state index < -0.39 is 11.5 Å². The van der Waals surface area contributed by atoms with E-state index in [1.807, 2.05) is 0 Å². The van der Waals surface area contributed by atoms with Gasteiger partial charge in [-0.15, -0.1) is 0 Å². The first-order valence-electron chi connectivity index (χ1n) is 2.66. The van der Waals surface area contributed by atoms with E-state index in [9.17, 15) is 9.59 Å². The van der Waals surface area contributed by atoms with Gasteiger partial charge in [-0.2, -0.15) is 0 Å². The summed E-state index contributed by atoms with van der Waals surface area (Å²) in [6.07, 6.45) is 1.22. The highest BCUT2D eigenvalue weighted by atomic mass is 79.9. The monoisotopic (exact) mass is 217 g/mol. The lowest BCUT2D eigenvalue weighted by Crippen LogP contribution is -2.20. The molecule has 0 aliphatic heterocycles. The summed E-state index contributed by atoms with van der Waals surface area (Å²) in [5, 5.41) is 0. The number of nitrogens with one attached hydrogen (secondary N) is 1. The maximum absolute atomic E-state index is 10.8. The van der Waals surface area contributed by atoms with E-state index in [0.29, 0.717) is 0 Å². The van der Waals surface area contributed by atoms with Crippen LogP contribution >= 0.6 is 15.9 Å². The van der Waals surface area contributed by atoms with Crippen molar-refractivity contribution in [3.8, 4) is 0 Å². The van der Waals surface area contributed by atoms with E-state index in [4.69, 9.17) is 5.73 Å². The number of amides is 1. The average molecular weight is 218 g/mol.